The third-order valence-corrected chi connectivity index (χ3v) is 6.01. The highest BCUT2D eigenvalue weighted by molar-refractivity contribution is 6.30. The van der Waals surface area contributed by atoms with Crippen molar-refractivity contribution in [3.8, 4) is 0 Å². The Morgan fingerprint density at radius 3 is 2.52 bits per heavy atom. The van der Waals surface area contributed by atoms with Gasteiger partial charge in [-0.3, -0.25) is 0 Å². The summed E-state index contributed by atoms with van der Waals surface area (Å²) in [6.07, 6.45) is 6.16. The Kier molecular flexibility index (Phi) is 5.06. The van der Waals surface area contributed by atoms with Crippen LogP contribution >= 0.6 is 11.6 Å². The van der Waals surface area contributed by atoms with Crippen LogP contribution in [-0.4, -0.2) is 24.8 Å². The first-order chi connectivity index (χ1) is 10.9. The van der Waals surface area contributed by atoms with Gasteiger partial charge in [-0.15, -0.1) is 0 Å². The molecule has 1 N–H and O–H groups in total. The van der Waals surface area contributed by atoms with Gasteiger partial charge in [-0.05, 0) is 81.5 Å². The minimum absolute atomic E-state index is 0.0197. The molecule has 3 heteroatoms. The Bertz CT molecular complexity index is 523. The summed E-state index contributed by atoms with van der Waals surface area (Å²) in [5.41, 5.74) is 1.74. The Morgan fingerprint density at radius 1 is 1.22 bits per heavy atom. The van der Waals surface area contributed by atoms with E-state index in [9.17, 15) is 0 Å². The summed E-state index contributed by atoms with van der Waals surface area (Å²) in [5.74, 6) is 0.830. The summed E-state index contributed by atoms with van der Waals surface area (Å²) in [7, 11) is 0. The second kappa shape index (κ2) is 6.74. The van der Waals surface area contributed by atoms with E-state index in [2.05, 4.69) is 38.2 Å². The molecular formula is C20H30ClNO. The standard InChI is InChI=1S/C20H30ClNO/c1-19(2)14-18(10-13-23-19)22-12-11-20(3,15-4-5-15)16-6-8-17(21)9-7-16/h6-9,15,18,22H,4-5,10-14H2,1-3H3/t18-,20-/m1/s1. The van der Waals surface area contributed by atoms with E-state index in [1.54, 1.807) is 0 Å². The van der Waals surface area contributed by atoms with Gasteiger partial charge in [0.05, 0.1) is 5.60 Å². The minimum atomic E-state index is 0.0197. The molecule has 1 saturated carbocycles. The molecule has 1 aliphatic heterocycles. The van der Waals surface area contributed by atoms with Crippen molar-refractivity contribution in [2.45, 2.75) is 69.9 Å². The molecule has 2 atom stereocenters. The maximum atomic E-state index is 6.07. The quantitative estimate of drug-likeness (QED) is 0.794. The molecule has 128 valence electrons. The van der Waals surface area contributed by atoms with Gasteiger partial charge in [-0.1, -0.05) is 30.7 Å². The van der Waals surface area contributed by atoms with Gasteiger partial charge in [0.15, 0.2) is 0 Å². The fourth-order valence-electron chi connectivity index (χ4n) is 4.08. The lowest BCUT2D eigenvalue weighted by molar-refractivity contribution is -0.0629. The molecule has 0 spiro atoms. The molecule has 0 amide bonds. The topological polar surface area (TPSA) is 21.3 Å². The number of rotatable bonds is 6. The second-order valence-electron chi connectivity index (χ2n) is 8.20. The highest BCUT2D eigenvalue weighted by Gasteiger charge is 2.42. The van der Waals surface area contributed by atoms with Gasteiger partial charge in [0.1, 0.15) is 0 Å². The Morgan fingerprint density at radius 2 is 1.91 bits per heavy atom. The average Bonchev–Trinajstić information content (AvgIpc) is 3.31. The van der Waals surface area contributed by atoms with Crippen molar-refractivity contribution in [1.29, 1.82) is 0 Å². The predicted molar refractivity (Wildman–Crippen MR) is 97.2 cm³/mol. The van der Waals surface area contributed by atoms with Crippen LogP contribution in [0.3, 0.4) is 0 Å². The molecule has 1 heterocycles. The van der Waals surface area contributed by atoms with Gasteiger partial charge >= 0.3 is 0 Å². The molecule has 2 fully saturated rings. The maximum absolute atomic E-state index is 6.07. The molecule has 23 heavy (non-hydrogen) atoms. The van der Waals surface area contributed by atoms with Gasteiger partial charge in [0.2, 0.25) is 0 Å². The molecule has 0 unspecified atom stereocenters. The van der Waals surface area contributed by atoms with Gasteiger partial charge in [-0.25, -0.2) is 0 Å². The highest BCUT2D eigenvalue weighted by Crippen LogP contribution is 2.49. The Labute approximate surface area is 145 Å². The number of halogens is 1. The molecule has 0 aromatic heterocycles. The fraction of sp³-hybridized carbons (Fsp3) is 0.700. The van der Waals surface area contributed by atoms with Crippen molar-refractivity contribution in [2.75, 3.05) is 13.2 Å². The molecule has 1 aromatic rings. The summed E-state index contributed by atoms with van der Waals surface area (Å²) in [4.78, 5) is 0. The first-order valence-corrected chi connectivity index (χ1v) is 9.40. The SMILES string of the molecule is CC1(C)C[C@H](NCC[C@@](C)(c2ccc(Cl)cc2)C2CC2)CCO1. The van der Waals surface area contributed by atoms with E-state index in [0.717, 1.165) is 36.9 Å². The van der Waals surface area contributed by atoms with E-state index in [4.69, 9.17) is 16.3 Å². The normalized spacial score (nSPS) is 26.7. The van der Waals surface area contributed by atoms with Crippen LogP contribution in [0.5, 0.6) is 0 Å². The lowest BCUT2D eigenvalue weighted by Gasteiger charge is -2.37. The Balaban J connectivity index is 1.59. The summed E-state index contributed by atoms with van der Waals surface area (Å²) < 4.78 is 5.82. The van der Waals surface area contributed by atoms with Crippen molar-refractivity contribution in [2.24, 2.45) is 5.92 Å². The molecule has 3 rings (SSSR count). The third kappa shape index (κ3) is 4.29. The first-order valence-electron chi connectivity index (χ1n) is 9.02. The largest absolute Gasteiger partial charge is 0.375 e. The van der Waals surface area contributed by atoms with Crippen molar-refractivity contribution in [1.82, 2.24) is 5.32 Å². The van der Waals surface area contributed by atoms with Crippen molar-refractivity contribution in [3.63, 3.8) is 0 Å². The predicted octanol–water partition coefficient (Wildman–Crippen LogP) is 4.95. The summed E-state index contributed by atoms with van der Waals surface area (Å²) in [6.45, 7) is 8.79. The second-order valence-corrected chi connectivity index (χ2v) is 8.64. The van der Waals surface area contributed by atoms with E-state index >= 15 is 0 Å². The number of ether oxygens (including phenoxy) is 1. The number of nitrogens with one attached hydrogen (secondary N) is 1. The summed E-state index contributed by atoms with van der Waals surface area (Å²) in [5, 5.41) is 4.62. The van der Waals surface area contributed by atoms with Crippen LogP contribution in [0.25, 0.3) is 0 Å². The van der Waals surface area contributed by atoms with Crippen molar-refractivity contribution in [3.05, 3.63) is 34.9 Å². The monoisotopic (exact) mass is 335 g/mol. The van der Waals surface area contributed by atoms with E-state index in [0.29, 0.717) is 6.04 Å². The Hall–Kier alpha value is -0.570. The van der Waals surface area contributed by atoms with Gasteiger partial charge in [-0.2, -0.15) is 0 Å². The van der Waals surface area contributed by atoms with Crippen LogP contribution in [0.2, 0.25) is 5.02 Å². The number of hydrogen-bond acceptors (Lipinski definition) is 2. The highest BCUT2D eigenvalue weighted by atomic mass is 35.5. The van der Waals surface area contributed by atoms with E-state index < -0.39 is 0 Å². The zero-order chi connectivity index (χ0) is 16.5. The fourth-order valence-corrected chi connectivity index (χ4v) is 4.20. The minimum Gasteiger partial charge on any atom is -0.375 e. The molecule has 0 bridgehead atoms. The van der Waals surface area contributed by atoms with Crippen LogP contribution in [0.4, 0.5) is 0 Å². The number of benzene rings is 1. The van der Waals surface area contributed by atoms with Gasteiger partial charge < -0.3 is 10.1 Å². The van der Waals surface area contributed by atoms with Crippen LogP contribution < -0.4 is 5.32 Å². The van der Waals surface area contributed by atoms with Gasteiger partial charge in [0.25, 0.3) is 0 Å². The zero-order valence-electron chi connectivity index (χ0n) is 14.7. The van der Waals surface area contributed by atoms with Gasteiger partial charge in [0, 0.05) is 17.7 Å². The molecule has 1 aromatic carbocycles. The molecule has 1 aliphatic carbocycles. The van der Waals surface area contributed by atoms with E-state index in [-0.39, 0.29) is 11.0 Å². The summed E-state index contributed by atoms with van der Waals surface area (Å²) in [6, 6.07) is 9.10. The molecular weight excluding hydrogens is 306 g/mol. The van der Waals surface area contributed by atoms with Crippen LogP contribution in [0.15, 0.2) is 24.3 Å². The van der Waals surface area contributed by atoms with Crippen molar-refractivity contribution >= 4 is 11.6 Å². The zero-order valence-corrected chi connectivity index (χ0v) is 15.5. The van der Waals surface area contributed by atoms with Crippen LogP contribution in [0.1, 0.15) is 58.4 Å². The first kappa shape index (κ1) is 17.3. The molecule has 2 aliphatic rings. The lowest BCUT2D eigenvalue weighted by Crippen LogP contribution is -2.45. The third-order valence-electron chi connectivity index (χ3n) is 5.76. The lowest BCUT2D eigenvalue weighted by atomic mass is 9.75. The van der Waals surface area contributed by atoms with Crippen molar-refractivity contribution < 1.29 is 4.74 Å². The molecule has 0 radical (unpaired) electrons. The van der Waals surface area contributed by atoms with Crippen LogP contribution in [0, 0.1) is 5.92 Å². The van der Waals surface area contributed by atoms with E-state index in [1.165, 1.54) is 24.8 Å². The van der Waals surface area contributed by atoms with Crippen LogP contribution in [-0.2, 0) is 10.2 Å². The smallest absolute Gasteiger partial charge is 0.0641 e. The average molecular weight is 336 g/mol. The number of hydrogen-bond donors (Lipinski definition) is 1. The molecule has 1 saturated heterocycles. The maximum Gasteiger partial charge on any atom is 0.0641 e. The van der Waals surface area contributed by atoms with E-state index in [1.807, 2.05) is 12.1 Å². The molecule has 2 nitrogen and oxygen atoms in total. The summed E-state index contributed by atoms with van der Waals surface area (Å²) >= 11 is 6.07.